The van der Waals surface area contributed by atoms with E-state index in [0.29, 0.717) is 16.1 Å². The summed E-state index contributed by atoms with van der Waals surface area (Å²) < 4.78 is 105. The lowest BCUT2D eigenvalue weighted by Gasteiger charge is -2.50. The molecular weight excluding hydrogens is 460 g/mol. The van der Waals surface area contributed by atoms with Gasteiger partial charge < -0.3 is 9.85 Å². The smallest absolute Gasteiger partial charge is 0.332 e. The fourth-order valence-corrected chi connectivity index (χ4v) is 4.00. The molecule has 0 aliphatic carbocycles. The average molecular weight is 512 g/mol. The molecule has 0 amide bonds. The Bertz CT molecular complexity index is 1490. The van der Waals surface area contributed by atoms with Crippen LogP contribution in [0.1, 0.15) is 80.8 Å². The van der Waals surface area contributed by atoms with Crippen molar-refractivity contribution in [3.05, 3.63) is 68.7 Å². The summed E-state index contributed by atoms with van der Waals surface area (Å²) in [7, 11) is 0. The highest BCUT2D eigenvalue weighted by Gasteiger charge is 2.38. The van der Waals surface area contributed by atoms with Crippen LogP contribution in [-0.2, 0) is 9.53 Å². The molecule has 6 heteroatoms. The zero-order valence-corrected chi connectivity index (χ0v) is 22.2. The van der Waals surface area contributed by atoms with Crippen molar-refractivity contribution in [3.8, 4) is 0 Å². The molecule has 0 bridgehead atoms. The molecule has 5 unspecified atom stereocenters. The quantitative estimate of drug-likeness (QED) is 0.475. The van der Waals surface area contributed by atoms with Gasteiger partial charge in [0.2, 0.25) is 0 Å². The Balaban J connectivity index is 2.44. The van der Waals surface area contributed by atoms with Crippen LogP contribution < -0.4 is 0 Å². The molecule has 3 rings (SSSR count). The van der Waals surface area contributed by atoms with Crippen molar-refractivity contribution in [3.63, 3.8) is 0 Å². The second kappa shape index (κ2) is 11.4. The number of hydrogen-bond acceptors (Lipinski definition) is 5. The summed E-state index contributed by atoms with van der Waals surface area (Å²) in [6, 6.07) is -2.86. The summed E-state index contributed by atoms with van der Waals surface area (Å²) in [6.45, 7) is 1.16. The lowest BCUT2D eigenvalue weighted by Crippen LogP contribution is -2.60. The molecule has 5 nitrogen and oxygen atoms in total. The summed E-state index contributed by atoms with van der Waals surface area (Å²) in [4.78, 5) is 12.8. The summed E-state index contributed by atoms with van der Waals surface area (Å²) in [5, 5.41) is 4.21. The number of carbonyl (C=O) groups is 1. The third-order valence-corrected chi connectivity index (χ3v) is 6.66. The highest BCUT2D eigenvalue weighted by Crippen LogP contribution is 2.38. The van der Waals surface area contributed by atoms with Gasteiger partial charge in [-0.15, -0.1) is 0 Å². The molecular formula is C29H41ClN2O3. The van der Waals surface area contributed by atoms with E-state index in [-0.39, 0.29) is 16.0 Å². The zero-order chi connectivity index (χ0) is 35.8. The van der Waals surface area contributed by atoms with Crippen LogP contribution in [0.15, 0.2) is 30.3 Å². The molecule has 0 radical (unpaired) electrons. The normalized spacial score (nSPS) is 35.9. The molecule has 1 aliphatic heterocycles. The van der Waals surface area contributed by atoms with Crippen molar-refractivity contribution >= 4 is 17.6 Å². The van der Waals surface area contributed by atoms with Crippen molar-refractivity contribution in [1.29, 1.82) is 1.43 Å². The number of ether oxygens (including phenoxy) is 1. The average Bonchev–Trinajstić information content (AvgIpc) is 2.90. The highest BCUT2D eigenvalue weighted by atomic mass is 35.5. The zero-order valence-electron chi connectivity index (χ0n) is 32.5. The summed E-state index contributed by atoms with van der Waals surface area (Å²) in [6.07, 6.45) is -1.75. The van der Waals surface area contributed by atoms with Crippen molar-refractivity contribution in [2.45, 2.75) is 85.6 Å². The summed E-state index contributed by atoms with van der Waals surface area (Å²) in [5.41, 5.74) is 3.27. The van der Waals surface area contributed by atoms with Crippen molar-refractivity contribution in [2.24, 2.45) is 0 Å². The van der Waals surface area contributed by atoms with Gasteiger partial charge in [0.05, 0.1) is 16.7 Å². The molecule has 1 aliphatic rings. The van der Waals surface area contributed by atoms with E-state index in [1.165, 1.54) is 12.1 Å². The van der Waals surface area contributed by atoms with E-state index >= 15 is 0 Å². The van der Waals surface area contributed by atoms with Gasteiger partial charge in [-0.2, -0.15) is 0 Å². The summed E-state index contributed by atoms with van der Waals surface area (Å²) >= 11 is 6.34. The number of hydrogen-bond donors (Lipinski definition) is 1. The molecule has 0 saturated carbocycles. The minimum absolute atomic E-state index is 0.128. The number of carboxylic acids is 1. The number of carboxylic acid groups (broad SMARTS) is 1. The fourth-order valence-electron chi connectivity index (χ4n) is 3.88. The number of halogens is 1. The first-order chi connectivity index (χ1) is 20.6. The van der Waals surface area contributed by atoms with E-state index < -0.39 is 55.7 Å². The van der Waals surface area contributed by atoms with Crippen LogP contribution in [0, 0.1) is 27.7 Å². The largest absolute Gasteiger partial charge is 0.479 e. The number of aryl methyl sites for hydroxylation is 2. The monoisotopic (exact) mass is 511 g/mol. The van der Waals surface area contributed by atoms with Crippen molar-refractivity contribution in [1.82, 2.24) is 9.80 Å². The number of piperazine rings is 1. The molecule has 1 saturated heterocycles. The molecule has 0 aromatic heterocycles. The highest BCUT2D eigenvalue weighted by molar-refractivity contribution is 6.31. The summed E-state index contributed by atoms with van der Waals surface area (Å²) in [5.74, 6) is -1.31. The predicted octanol–water partition coefficient (Wildman–Crippen LogP) is 5.94. The standard InChI is InChI=1S/C29H41ClN2O3/c1-17-9-11-26(23(7)22(17)6)28(25-10-12-27(30)18(2)13-25)32-19(3)14-31(15-20(32)4)21(5)16-35-24(8)29(33)34/h9-13,19-21,24,28H,14-16H2,1-8H3,(H,33,34)/i14D2,15D2,16D2,19D,20D,21D,28D/hD. The van der Waals surface area contributed by atoms with E-state index in [0.717, 1.165) is 43.7 Å². The third-order valence-electron chi connectivity index (χ3n) is 6.24. The van der Waals surface area contributed by atoms with Crippen molar-refractivity contribution < 1.29 is 28.3 Å². The molecule has 192 valence electrons. The van der Waals surface area contributed by atoms with Gasteiger partial charge in [0.15, 0.2) is 6.10 Å². The molecule has 2 aromatic rings. The minimum Gasteiger partial charge on any atom is -0.479 e. The first-order valence-electron chi connectivity index (χ1n) is 16.8. The number of benzene rings is 2. The third kappa shape index (κ3) is 6.08. The Hall–Kier alpha value is -1.92. The van der Waals surface area contributed by atoms with Crippen LogP contribution in [0.3, 0.4) is 0 Å². The fraction of sp³-hybridized carbons (Fsp3) is 0.552. The van der Waals surface area contributed by atoms with Crippen LogP contribution in [0.2, 0.25) is 5.02 Å². The Morgan fingerprint density at radius 3 is 2.46 bits per heavy atom. The van der Waals surface area contributed by atoms with Crippen LogP contribution >= 0.6 is 11.6 Å². The van der Waals surface area contributed by atoms with Gasteiger partial charge in [-0.05, 0) is 94.8 Å². The van der Waals surface area contributed by atoms with E-state index in [9.17, 15) is 14.4 Å². The van der Waals surface area contributed by atoms with E-state index in [1.54, 1.807) is 32.0 Å². The Kier molecular flexibility index (Phi) is 5.23. The molecule has 1 heterocycles. The van der Waals surface area contributed by atoms with Crippen LogP contribution in [0.4, 0.5) is 0 Å². The molecule has 1 fully saturated rings. The maximum Gasteiger partial charge on any atom is 0.332 e. The number of nitrogens with zero attached hydrogens (tertiary/aromatic N) is 2. The molecule has 0 spiro atoms. The van der Waals surface area contributed by atoms with Gasteiger partial charge in [0.25, 0.3) is 1.43 Å². The van der Waals surface area contributed by atoms with Crippen molar-refractivity contribution in [2.75, 3.05) is 19.6 Å². The first kappa shape index (κ1) is 16.0. The van der Waals surface area contributed by atoms with Crippen LogP contribution in [0.5, 0.6) is 0 Å². The molecule has 5 atom stereocenters. The van der Waals surface area contributed by atoms with Gasteiger partial charge in [-0.3, -0.25) is 9.80 Å². The Morgan fingerprint density at radius 1 is 1.20 bits per heavy atom. The molecule has 35 heavy (non-hydrogen) atoms. The van der Waals surface area contributed by atoms with Gasteiger partial charge in [-0.25, -0.2) is 4.79 Å². The Morgan fingerprint density at radius 2 is 1.86 bits per heavy atom. The Labute approximate surface area is 231 Å². The second-order valence-corrected chi connectivity index (χ2v) is 9.23. The maximum absolute atomic E-state index is 11.9. The SMILES string of the molecule is [2H]OC(=O)C(C)OC([2H])([2H])C([2H])(C)N1C([2H])([2H])C([2H])(C)N(C([2H])(c2ccc(Cl)c(C)c2)c2ccc(C)c(C)c2C)C([2H])(C)C1([2H])[2H]. The van der Waals surface area contributed by atoms with E-state index in [2.05, 4.69) is 5.11 Å². The van der Waals surface area contributed by atoms with Gasteiger partial charge >= 0.3 is 5.97 Å². The lowest BCUT2D eigenvalue weighted by atomic mass is 9.87. The van der Waals surface area contributed by atoms with Gasteiger partial charge in [-0.1, -0.05) is 35.9 Å². The lowest BCUT2D eigenvalue weighted by molar-refractivity contribution is -0.150. The van der Waals surface area contributed by atoms with E-state index in [4.69, 9.17) is 21.9 Å². The molecule has 1 N–H and O–H groups in total. The second-order valence-electron chi connectivity index (χ2n) is 8.82. The van der Waals surface area contributed by atoms with Gasteiger partial charge in [0.1, 0.15) is 0 Å². The van der Waals surface area contributed by atoms with Gasteiger partial charge in [0, 0.05) is 45.7 Å². The predicted molar refractivity (Wildman–Crippen MR) is 144 cm³/mol. The maximum atomic E-state index is 11.9. The molecule has 2 aromatic carbocycles. The van der Waals surface area contributed by atoms with Crippen LogP contribution in [0.25, 0.3) is 1.43 Å². The number of aliphatic carboxylic acids is 1. The first-order valence-corrected chi connectivity index (χ1v) is 11.8. The topological polar surface area (TPSA) is 53.0 Å². The minimum atomic E-state index is -3.33. The number of rotatable bonds is 8. The van der Waals surface area contributed by atoms with Crippen LogP contribution in [-0.4, -0.2) is 64.6 Å². The van der Waals surface area contributed by atoms with E-state index in [1.807, 2.05) is 13.8 Å².